The second-order valence-electron chi connectivity index (χ2n) is 3.62. The van der Waals surface area contributed by atoms with Gasteiger partial charge in [-0.3, -0.25) is 10.1 Å². The average molecular weight is 261 g/mol. The normalized spacial score (nSPS) is 10.8. The Kier molecular flexibility index (Phi) is 2.60. The molecule has 0 aliphatic carbocycles. The highest BCUT2D eigenvalue weighted by atomic mass is 32.1. The summed E-state index contributed by atoms with van der Waals surface area (Å²) in [5, 5.41) is 7.29. The number of H-pyrrole nitrogens is 1. The third-order valence-corrected chi connectivity index (χ3v) is 3.36. The van der Waals surface area contributed by atoms with Gasteiger partial charge in [0, 0.05) is 4.88 Å². The van der Waals surface area contributed by atoms with Crippen LogP contribution in [0.25, 0.3) is 22.2 Å². The number of thiazole rings is 1. The predicted octanol–water partition coefficient (Wildman–Crippen LogP) is 2.44. The lowest BCUT2D eigenvalue weighted by Gasteiger charge is -1.96. The van der Waals surface area contributed by atoms with Gasteiger partial charge in [-0.05, 0) is 19.1 Å². The highest BCUT2D eigenvalue weighted by molar-refractivity contribution is 7.15. The minimum absolute atomic E-state index is 0.359. The van der Waals surface area contributed by atoms with E-state index in [0.717, 1.165) is 15.6 Å². The summed E-state index contributed by atoms with van der Waals surface area (Å²) in [6.07, 6.45) is 2.62. The van der Waals surface area contributed by atoms with Crippen LogP contribution < -0.4 is 0 Å². The Morgan fingerprint density at radius 1 is 1.28 bits per heavy atom. The van der Waals surface area contributed by atoms with Crippen LogP contribution in [0.4, 0.5) is 4.39 Å². The summed E-state index contributed by atoms with van der Waals surface area (Å²) in [6.45, 7) is 1.94. The van der Waals surface area contributed by atoms with Crippen molar-refractivity contribution in [3.63, 3.8) is 0 Å². The van der Waals surface area contributed by atoms with Crippen LogP contribution in [0.3, 0.4) is 0 Å². The zero-order valence-corrected chi connectivity index (χ0v) is 10.2. The molecule has 3 aromatic rings. The van der Waals surface area contributed by atoms with E-state index >= 15 is 0 Å². The lowest BCUT2D eigenvalue weighted by Crippen LogP contribution is -1.87. The van der Waals surface area contributed by atoms with Gasteiger partial charge in [0.25, 0.3) is 0 Å². The van der Waals surface area contributed by atoms with Crippen molar-refractivity contribution in [3.05, 3.63) is 35.4 Å². The first kappa shape index (κ1) is 11.0. The molecule has 0 radical (unpaired) electrons. The van der Waals surface area contributed by atoms with Gasteiger partial charge in [-0.2, -0.15) is 5.10 Å². The van der Waals surface area contributed by atoms with E-state index in [-0.39, 0.29) is 5.82 Å². The second-order valence-corrected chi connectivity index (χ2v) is 4.82. The molecule has 0 aromatic carbocycles. The number of aromatic nitrogens is 5. The quantitative estimate of drug-likeness (QED) is 0.769. The molecule has 0 saturated carbocycles. The maximum absolute atomic E-state index is 12.8. The third kappa shape index (κ3) is 1.88. The lowest BCUT2D eigenvalue weighted by molar-refractivity contribution is 0.622. The molecule has 3 rings (SSSR count). The van der Waals surface area contributed by atoms with Crippen molar-refractivity contribution in [1.29, 1.82) is 0 Å². The Labute approximate surface area is 106 Å². The van der Waals surface area contributed by atoms with Crippen molar-refractivity contribution in [1.82, 2.24) is 25.1 Å². The highest BCUT2D eigenvalue weighted by Crippen LogP contribution is 2.30. The molecular formula is C11H8FN5S. The fourth-order valence-corrected chi connectivity index (χ4v) is 2.43. The Morgan fingerprint density at radius 2 is 2.17 bits per heavy atom. The van der Waals surface area contributed by atoms with Crippen LogP contribution in [0.2, 0.25) is 0 Å². The van der Waals surface area contributed by atoms with E-state index in [2.05, 4.69) is 25.1 Å². The molecule has 0 aliphatic rings. The second kappa shape index (κ2) is 4.26. The molecule has 0 fully saturated rings. The van der Waals surface area contributed by atoms with Gasteiger partial charge in [-0.25, -0.2) is 14.4 Å². The number of rotatable bonds is 2. The number of nitrogens with one attached hydrogen (secondary N) is 1. The molecule has 0 unspecified atom stereocenters. The summed E-state index contributed by atoms with van der Waals surface area (Å²) >= 11 is 1.49. The van der Waals surface area contributed by atoms with E-state index in [1.807, 2.05) is 6.92 Å². The monoisotopic (exact) mass is 261 g/mol. The number of hydrogen-bond donors (Lipinski definition) is 1. The molecule has 90 valence electrons. The van der Waals surface area contributed by atoms with Crippen LogP contribution in [0.1, 0.15) is 4.88 Å². The topological polar surface area (TPSA) is 67.3 Å². The average Bonchev–Trinajstić information content (AvgIpc) is 2.99. The number of halogens is 1. The standard InChI is InChI=1S/C11H8FN5S/c1-6-9(8-3-2-7(12)4-13-8)16-11(18-6)10-14-5-15-17-10/h2-5H,1H3,(H,14,15,17). The maximum Gasteiger partial charge on any atom is 0.184 e. The summed E-state index contributed by atoms with van der Waals surface area (Å²) in [6, 6.07) is 2.98. The summed E-state index contributed by atoms with van der Waals surface area (Å²) in [5.41, 5.74) is 1.39. The Balaban J connectivity index is 2.06. The zero-order valence-electron chi connectivity index (χ0n) is 9.38. The van der Waals surface area contributed by atoms with Gasteiger partial charge in [0.05, 0.1) is 11.9 Å². The van der Waals surface area contributed by atoms with Crippen LogP contribution in [-0.4, -0.2) is 25.1 Å². The van der Waals surface area contributed by atoms with Crippen LogP contribution in [-0.2, 0) is 0 Å². The van der Waals surface area contributed by atoms with Crippen molar-refractivity contribution in [3.8, 4) is 22.2 Å². The molecule has 0 amide bonds. The first-order chi connectivity index (χ1) is 8.74. The van der Waals surface area contributed by atoms with Gasteiger partial charge in [0.2, 0.25) is 0 Å². The van der Waals surface area contributed by atoms with Crippen molar-refractivity contribution < 1.29 is 4.39 Å². The van der Waals surface area contributed by atoms with Gasteiger partial charge in [-0.15, -0.1) is 11.3 Å². The Bertz CT molecular complexity index is 659. The van der Waals surface area contributed by atoms with Gasteiger partial charge < -0.3 is 0 Å². The molecule has 0 saturated heterocycles. The molecule has 0 aliphatic heterocycles. The van der Waals surface area contributed by atoms with E-state index in [4.69, 9.17) is 0 Å². The van der Waals surface area contributed by atoms with Crippen LogP contribution >= 0.6 is 11.3 Å². The number of aryl methyl sites for hydroxylation is 1. The molecule has 0 spiro atoms. The molecule has 1 N–H and O–H groups in total. The largest absolute Gasteiger partial charge is 0.257 e. The Morgan fingerprint density at radius 3 is 2.83 bits per heavy atom. The number of hydrogen-bond acceptors (Lipinski definition) is 5. The Hall–Kier alpha value is -2.15. The van der Waals surface area contributed by atoms with Crippen LogP contribution in [0.5, 0.6) is 0 Å². The summed E-state index contributed by atoms with van der Waals surface area (Å²) < 4.78 is 12.8. The minimum Gasteiger partial charge on any atom is -0.257 e. The molecular weight excluding hydrogens is 253 g/mol. The van der Waals surface area contributed by atoms with Gasteiger partial charge >= 0.3 is 0 Å². The summed E-state index contributed by atoms with van der Waals surface area (Å²) in [7, 11) is 0. The minimum atomic E-state index is -0.359. The maximum atomic E-state index is 12.8. The smallest absolute Gasteiger partial charge is 0.184 e. The van der Waals surface area contributed by atoms with Crippen LogP contribution in [0, 0.1) is 12.7 Å². The SMILES string of the molecule is Cc1sc(-c2ncn[nH]2)nc1-c1ccc(F)cn1. The summed E-state index contributed by atoms with van der Waals surface area (Å²) in [4.78, 5) is 13.5. The van der Waals surface area contributed by atoms with Crippen molar-refractivity contribution in [2.24, 2.45) is 0 Å². The van der Waals surface area contributed by atoms with Gasteiger partial charge in [0.1, 0.15) is 17.8 Å². The summed E-state index contributed by atoms with van der Waals surface area (Å²) in [5.74, 6) is 0.263. The molecule has 3 aromatic heterocycles. The van der Waals surface area contributed by atoms with Gasteiger partial charge in [-0.1, -0.05) is 0 Å². The first-order valence-corrected chi connectivity index (χ1v) is 6.01. The number of pyridine rings is 1. The van der Waals surface area contributed by atoms with E-state index in [1.165, 1.54) is 29.9 Å². The first-order valence-electron chi connectivity index (χ1n) is 5.19. The number of aromatic amines is 1. The predicted molar refractivity (Wildman–Crippen MR) is 65.4 cm³/mol. The third-order valence-electron chi connectivity index (χ3n) is 2.38. The molecule has 0 atom stereocenters. The molecule has 0 bridgehead atoms. The lowest BCUT2D eigenvalue weighted by atomic mass is 10.2. The molecule has 5 nitrogen and oxygen atoms in total. The van der Waals surface area contributed by atoms with Crippen molar-refractivity contribution >= 4 is 11.3 Å². The molecule has 18 heavy (non-hydrogen) atoms. The van der Waals surface area contributed by atoms with Crippen molar-refractivity contribution in [2.75, 3.05) is 0 Å². The van der Waals surface area contributed by atoms with Crippen LogP contribution in [0.15, 0.2) is 24.7 Å². The van der Waals surface area contributed by atoms with Crippen molar-refractivity contribution in [2.45, 2.75) is 6.92 Å². The van der Waals surface area contributed by atoms with E-state index in [0.29, 0.717) is 11.5 Å². The highest BCUT2D eigenvalue weighted by Gasteiger charge is 2.13. The zero-order chi connectivity index (χ0) is 12.5. The number of nitrogens with zero attached hydrogens (tertiary/aromatic N) is 4. The fourth-order valence-electron chi connectivity index (χ4n) is 1.56. The fraction of sp³-hybridized carbons (Fsp3) is 0.0909. The van der Waals surface area contributed by atoms with E-state index in [1.54, 1.807) is 6.07 Å². The molecule has 3 heterocycles. The van der Waals surface area contributed by atoms with E-state index < -0.39 is 0 Å². The molecule has 7 heteroatoms. The van der Waals surface area contributed by atoms with E-state index in [9.17, 15) is 4.39 Å². The van der Waals surface area contributed by atoms with Gasteiger partial charge in [0.15, 0.2) is 10.8 Å².